The number of primary amides is 1. The van der Waals surface area contributed by atoms with Gasteiger partial charge >= 0.3 is 6.03 Å². The summed E-state index contributed by atoms with van der Waals surface area (Å²) < 4.78 is 0. The maximum Gasteiger partial charge on any atom is 0.322 e. The van der Waals surface area contributed by atoms with Crippen molar-refractivity contribution in [3.8, 4) is 0 Å². The molecule has 0 saturated carbocycles. The summed E-state index contributed by atoms with van der Waals surface area (Å²) in [6.45, 7) is 1.76. The summed E-state index contributed by atoms with van der Waals surface area (Å²) in [5, 5.41) is 2.65. The molecule has 98 valence electrons. The molecule has 1 unspecified atom stereocenters. The Bertz CT molecular complexity index is 428. The third-order valence-corrected chi connectivity index (χ3v) is 2.43. The third-order valence-electron chi connectivity index (χ3n) is 2.43. The van der Waals surface area contributed by atoms with Gasteiger partial charge in [-0.05, 0) is 24.6 Å². The Morgan fingerprint density at radius 1 is 1.33 bits per heavy atom. The lowest BCUT2D eigenvalue weighted by atomic mass is 10.1. The zero-order chi connectivity index (χ0) is 13.7. The predicted octanol–water partition coefficient (Wildman–Crippen LogP) is 0.655. The first-order valence-electron chi connectivity index (χ1n) is 5.56. The van der Waals surface area contributed by atoms with Crippen LogP contribution in [0.3, 0.4) is 0 Å². The fourth-order valence-electron chi connectivity index (χ4n) is 1.39. The van der Waals surface area contributed by atoms with Gasteiger partial charge in [-0.15, -0.1) is 0 Å². The predicted molar refractivity (Wildman–Crippen MR) is 69.9 cm³/mol. The van der Waals surface area contributed by atoms with Crippen LogP contribution in [0.25, 0.3) is 0 Å². The summed E-state index contributed by atoms with van der Waals surface area (Å²) in [4.78, 5) is 23.5. The highest BCUT2D eigenvalue weighted by Gasteiger charge is 2.10. The van der Waals surface area contributed by atoms with Crippen molar-refractivity contribution < 1.29 is 9.59 Å². The van der Waals surface area contributed by atoms with E-state index < -0.39 is 5.91 Å². The van der Waals surface area contributed by atoms with E-state index >= 15 is 0 Å². The highest BCUT2D eigenvalue weighted by molar-refractivity contribution is 5.91. The fourth-order valence-corrected chi connectivity index (χ4v) is 1.39. The van der Waals surface area contributed by atoms with Gasteiger partial charge in [-0.25, -0.2) is 4.79 Å². The van der Waals surface area contributed by atoms with E-state index in [1.807, 2.05) is 19.1 Å². The highest BCUT2D eigenvalue weighted by atomic mass is 16.2. The van der Waals surface area contributed by atoms with E-state index in [2.05, 4.69) is 5.32 Å². The summed E-state index contributed by atoms with van der Waals surface area (Å²) in [6.07, 6.45) is 0. The topological polar surface area (TPSA) is 101 Å². The molecule has 1 atom stereocenters. The van der Waals surface area contributed by atoms with Gasteiger partial charge in [0.2, 0.25) is 5.91 Å². The number of rotatable bonds is 4. The van der Waals surface area contributed by atoms with Crippen molar-refractivity contribution in [2.45, 2.75) is 13.0 Å². The van der Waals surface area contributed by atoms with E-state index in [4.69, 9.17) is 11.5 Å². The average Bonchev–Trinajstić information content (AvgIpc) is 2.28. The van der Waals surface area contributed by atoms with Crippen LogP contribution >= 0.6 is 0 Å². The zero-order valence-electron chi connectivity index (χ0n) is 10.5. The van der Waals surface area contributed by atoms with Gasteiger partial charge in [0.1, 0.15) is 6.54 Å². The Kier molecular flexibility index (Phi) is 4.67. The van der Waals surface area contributed by atoms with Crippen LogP contribution in [-0.2, 0) is 4.79 Å². The van der Waals surface area contributed by atoms with Crippen molar-refractivity contribution in [1.29, 1.82) is 0 Å². The fraction of sp³-hybridized carbons (Fsp3) is 0.333. The molecular weight excluding hydrogens is 232 g/mol. The Balaban J connectivity index is 2.62. The van der Waals surface area contributed by atoms with Gasteiger partial charge in [0, 0.05) is 18.8 Å². The molecule has 0 radical (unpaired) electrons. The Morgan fingerprint density at radius 3 is 2.33 bits per heavy atom. The number of anilines is 1. The maximum absolute atomic E-state index is 11.6. The molecule has 6 nitrogen and oxygen atoms in total. The molecular formula is C12H18N4O2. The highest BCUT2D eigenvalue weighted by Crippen LogP contribution is 2.14. The smallest absolute Gasteiger partial charge is 0.322 e. The van der Waals surface area contributed by atoms with Crippen LogP contribution in [-0.4, -0.2) is 30.4 Å². The number of nitrogens with two attached hydrogens (primary N) is 2. The quantitative estimate of drug-likeness (QED) is 0.731. The molecule has 0 aromatic heterocycles. The van der Waals surface area contributed by atoms with Gasteiger partial charge in [0.05, 0.1) is 0 Å². The first-order valence-corrected chi connectivity index (χ1v) is 5.56. The van der Waals surface area contributed by atoms with Gasteiger partial charge < -0.3 is 21.7 Å². The number of hydrogen-bond acceptors (Lipinski definition) is 3. The van der Waals surface area contributed by atoms with E-state index in [0.29, 0.717) is 5.69 Å². The van der Waals surface area contributed by atoms with E-state index in [-0.39, 0.29) is 18.6 Å². The molecule has 0 aliphatic heterocycles. The zero-order valence-corrected chi connectivity index (χ0v) is 10.5. The lowest BCUT2D eigenvalue weighted by Crippen LogP contribution is -2.38. The number of benzene rings is 1. The standard InChI is InChI=1S/C12H18N4O2/c1-8(13)9-3-5-10(6-4-9)15-12(18)16(2)7-11(14)17/h3-6,8H,7,13H2,1-2H3,(H2,14,17)(H,15,18). The van der Waals surface area contributed by atoms with Gasteiger partial charge in [-0.3, -0.25) is 4.79 Å². The number of amides is 3. The summed E-state index contributed by atoms with van der Waals surface area (Å²) in [5.41, 5.74) is 12.3. The van der Waals surface area contributed by atoms with E-state index in [1.165, 1.54) is 11.9 Å². The monoisotopic (exact) mass is 250 g/mol. The number of likely N-dealkylation sites (N-methyl/N-ethyl adjacent to an activating group) is 1. The second kappa shape index (κ2) is 6.02. The lowest BCUT2D eigenvalue weighted by Gasteiger charge is -2.16. The molecule has 5 N–H and O–H groups in total. The summed E-state index contributed by atoms with van der Waals surface area (Å²) >= 11 is 0. The van der Waals surface area contributed by atoms with Crippen molar-refractivity contribution >= 4 is 17.6 Å². The molecule has 18 heavy (non-hydrogen) atoms. The number of nitrogens with one attached hydrogen (secondary N) is 1. The van der Waals surface area contributed by atoms with Crippen molar-refractivity contribution in [3.63, 3.8) is 0 Å². The molecule has 0 fully saturated rings. The van der Waals surface area contributed by atoms with Crippen LogP contribution in [0, 0.1) is 0 Å². The van der Waals surface area contributed by atoms with E-state index in [9.17, 15) is 9.59 Å². The lowest BCUT2D eigenvalue weighted by molar-refractivity contribution is -0.118. The molecule has 3 amide bonds. The third kappa shape index (κ3) is 4.06. The molecule has 0 heterocycles. The maximum atomic E-state index is 11.6. The van der Waals surface area contributed by atoms with Crippen LogP contribution in [0.15, 0.2) is 24.3 Å². The molecule has 0 aliphatic carbocycles. The molecule has 0 bridgehead atoms. The second-order valence-corrected chi connectivity index (χ2v) is 4.16. The first kappa shape index (κ1) is 14.0. The minimum absolute atomic E-state index is 0.0488. The number of nitrogens with zero attached hydrogens (tertiary/aromatic N) is 1. The normalized spacial score (nSPS) is 11.7. The van der Waals surface area contributed by atoms with Gasteiger partial charge in [0.15, 0.2) is 0 Å². The number of carbonyl (C=O) groups excluding carboxylic acids is 2. The minimum Gasteiger partial charge on any atom is -0.368 e. The first-order chi connectivity index (χ1) is 8.40. The van der Waals surface area contributed by atoms with E-state index in [1.54, 1.807) is 12.1 Å². The minimum atomic E-state index is -0.556. The Labute approximate surface area is 106 Å². The molecule has 1 aromatic carbocycles. The van der Waals surface area contributed by atoms with Crippen LogP contribution in [0.2, 0.25) is 0 Å². The number of carbonyl (C=O) groups is 2. The van der Waals surface area contributed by atoms with Crippen LogP contribution in [0.4, 0.5) is 10.5 Å². The molecule has 1 aromatic rings. The number of urea groups is 1. The molecule has 0 saturated heterocycles. The van der Waals surface area contributed by atoms with Gasteiger partial charge in [-0.1, -0.05) is 12.1 Å². The molecule has 0 spiro atoms. The molecule has 1 rings (SSSR count). The summed E-state index contributed by atoms with van der Waals surface area (Å²) in [7, 11) is 1.50. The Morgan fingerprint density at radius 2 is 1.89 bits per heavy atom. The molecule has 0 aliphatic rings. The largest absolute Gasteiger partial charge is 0.368 e. The number of hydrogen-bond donors (Lipinski definition) is 3. The summed E-state index contributed by atoms with van der Waals surface area (Å²) in [6, 6.07) is 6.77. The summed E-state index contributed by atoms with van der Waals surface area (Å²) in [5.74, 6) is -0.556. The van der Waals surface area contributed by atoms with Crippen LogP contribution < -0.4 is 16.8 Å². The van der Waals surface area contributed by atoms with Gasteiger partial charge in [-0.2, -0.15) is 0 Å². The van der Waals surface area contributed by atoms with Crippen molar-refractivity contribution in [2.24, 2.45) is 11.5 Å². The van der Waals surface area contributed by atoms with Gasteiger partial charge in [0.25, 0.3) is 0 Å². The average molecular weight is 250 g/mol. The van der Waals surface area contributed by atoms with Crippen molar-refractivity contribution in [2.75, 3.05) is 18.9 Å². The molecule has 6 heteroatoms. The second-order valence-electron chi connectivity index (χ2n) is 4.16. The van der Waals surface area contributed by atoms with Crippen molar-refractivity contribution in [3.05, 3.63) is 29.8 Å². The SMILES string of the molecule is CC(N)c1ccc(NC(=O)N(C)CC(N)=O)cc1. The van der Waals surface area contributed by atoms with Crippen LogP contribution in [0.5, 0.6) is 0 Å². The van der Waals surface area contributed by atoms with Crippen LogP contribution in [0.1, 0.15) is 18.5 Å². The Hall–Kier alpha value is -2.08. The van der Waals surface area contributed by atoms with Crippen molar-refractivity contribution in [1.82, 2.24) is 4.90 Å². The van der Waals surface area contributed by atoms with E-state index in [0.717, 1.165) is 5.56 Å².